The third-order valence-corrected chi connectivity index (χ3v) is 11.2. The van der Waals surface area contributed by atoms with Gasteiger partial charge in [0.25, 0.3) is 0 Å². The van der Waals surface area contributed by atoms with Gasteiger partial charge < -0.3 is 10.2 Å². The molecule has 0 aromatic carbocycles. The van der Waals surface area contributed by atoms with E-state index in [-0.39, 0.29) is 24.2 Å². The zero-order valence-corrected chi connectivity index (χ0v) is 20.8. The molecule has 4 unspecified atom stereocenters. The molecule has 0 radical (unpaired) electrons. The molecule has 186 valence electrons. The van der Waals surface area contributed by atoms with Crippen LogP contribution >= 0.6 is 0 Å². The van der Waals surface area contributed by atoms with Crippen molar-refractivity contribution in [3.05, 3.63) is 0 Å². The van der Waals surface area contributed by atoms with Crippen LogP contribution in [0.1, 0.15) is 105 Å². The number of rotatable bonds is 4. The van der Waals surface area contributed by atoms with E-state index in [1.54, 1.807) is 0 Å². The van der Waals surface area contributed by atoms with Crippen molar-refractivity contribution in [2.45, 2.75) is 123 Å². The maximum absolute atomic E-state index is 13.6. The molecule has 4 aliphatic rings. The van der Waals surface area contributed by atoms with Gasteiger partial charge in [-0.1, -0.05) is 20.8 Å². The van der Waals surface area contributed by atoms with E-state index in [1.807, 2.05) is 13.8 Å². The molecule has 0 amide bonds. The van der Waals surface area contributed by atoms with Gasteiger partial charge in [-0.05, 0) is 131 Å². The van der Waals surface area contributed by atoms with E-state index in [9.17, 15) is 23.4 Å². The molecule has 2 nitrogen and oxygen atoms in total. The van der Waals surface area contributed by atoms with Crippen LogP contribution < -0.4 is 0 Å². The first kappa shape index (κ1) is 24.8. The number of aliphatic hydroxyl groups is 2. The van der Waals surface area contributed by atoms with Gasteiger partial charge in [-0.25, -0.2) is 0 Å². The van der Waals surface area contributed by atoms with Gasteiger partial charge in [0.05, 0.1) is 5.60 Å². The van der Waals surface area contributed by atoms with E-state index < -0.39 is 17.4 Å². The lowest BCUT2D eigenvalue weighted by Crippen LogP contribution is -2.59. The molecule has 9 atom stereocenters. The van der Waals surface area contributed by atoms with Crippen molar-refractivity contribution >= 4 is 0 Å². The smallest absolute Gasteiger partial charge is 0.390 e. The highest BCUT2D eigenvalue weighted by atomic mass is 19.4. The van der Waals surface area contributed by atoms with Gasteiger partial charge in [0.15, 0.2) is 5.60 Å². The Morgan fingerprint density at radius 2 is 1.56 bits per heavy atom. The standard InChI is InChI=1S/C27H45F3O2/c1-17(10-12-23(2,3)31)20-8-9-21-19-7-6-18-16-26(32,27(28,29)30)15-14-24(18,4)22(19)11-13-25(20,21)5/h17-22,31-32H,6-16H2,1-5H3/t17-,18+,19?,20?,21?,22?,24+,25-,26+/m1/s1. The van der Waals surface area contributed by atoms with Crippen molar-refractivity contribution in [1.82, 2.24) is 0 Å². The van der Waals surface area contributed by atoms with E-state index in [2.05, 4.69) is 20.8 Å². The number of alkyl halides is 3. The molecule has 0 aromatic rings. The summed E-state index contributed by atoms with van der Waals surface area (Å²) in [5.41, 5.74) is -2.84. The largest absolute Gasteiger partial charge is 0.417 e. The van der Waals surface area contributed by atoms with E-state index in [1.165, 1.54) is 19.3 Å². The van der Waals surface area contributed by atoms with Crippen LogP contribution in [0.3, 0.4) is 0 Å². The van der Waals surface area contributed by atoms with Crippen molar-refractivity contribution in [3.8, 4) is 0 Å². The summed E-state index contributed by atoms with van der Waals surface area (Å²) < 4.78 is 40.7. The minimum atomic E-state index is -4.52. The molecule has 0 heterocycles. The van der Waals surface area contributed by atoms with E-state index in [4.69, 9.17) is 0 Å². The summed E-state index contributed by atoms with van der Waals surface area (Å²) in [7, 11) is 0. The minimum absolute atomic E-state index is 0.0172. The molecule has 0 aromatic heterocycles. The molecule has 2 N–H and O–H groups in total. The Morgan fingerprint density at radius 3 is 2.19 bits per heavy atom. The van der Waals surface area contributed by atoms with Crippen molar-refractivity contribution in [2.24, 2.45) is 46.3 Å². The quantitative estimate of drug-likeness (QED) is 0.471. The molecule has 4 fully saturated rings. The summed E-state index contributed by atoms with van der Waals surface area (Å²) in [5, 5.41) is 20.6. The molecule has 5 heteroatoms. The van der Waals surface area contributed by atoms with E-state index in [0.29, 0.717) is 41.4 Å². The Kier molecular flexibility index (Phi) is 6.10. The van der Waals surface area contributed by atoms with E-state index >= 15 is 0 Å². The van der Waals surface area contributed by atoms with Crippen LogP contribution in [0.2, 0.25) is 0 Å². The number of hydrogen-bond acceptors (Lipinski definition) is 2. The number of fused-ring (bicyclic) bond motifs is 5. The molecule has 4 rings (SSSR count). The normalized spacial score (nSPS) is 48.0. The lowest BCUT2D eigenvalue weighted by atomic mass is 9.43. The Morgan fingerprint density at radius 1 is 0.906 bits per heavy atom. The van der Waals surface area contributed by atoms with Crippen molar-refractivity contribution in [2.75, 3.05) is 0 Å². The third kappa shape index (κ3) is 3.95. The van der Waals surface area contributed by atoms with Crippen LogP contribution in [0.15, 0.2) is 0 Å². The van der Waals surface area contributed by atoms with Crippen LogP contribution in [0.25, 0.3) is 0 Å². The fourth-order valence-corrected chi connectivity index (χ4v) is 9.26. The van der Waals surface area contributed by atoms with Gasteiger partial charge in [0.2, 0.25) is 0 Å². The minimum Gasteiger partial charge on any atom is -0.390 e. The first-order chi connectivity index (χ1) is 14.6. The van der Waals surface area contributed by atoms with Gasteiger partial charge in [-0.15, -0.1) is 0 Å². The second-order valence-corrected chi connectivity index (χ2v) is 13.4. The molecule has 32 heavy (non-hydrogen) atoms. The first-order valence-corrected chi connectivity index (χ1v) is 13.1. The van der Waals surface area contributed by atoms with Crippen LogP contribution in [0.5, 0.6) is 0 Å². The van der Waals surface area contributed by atoms with Crippen molar-refractivity contribution < 1.29 is 23.4 Å². The van der Waals surface area contributed by atoms with Crippen LogP contribution in [-0.2, 0) is 0 Å². The highest BCUT2D eigenvalue weighted by Crippen LogP contribution is 2.69. The summed E-state index contributed by atoms with van der Waals surface area (Å²) in [6.07, 6.45) is 4.32. The highest BCUT2D eigenvalue weighted by Gasteiger charge is 2.65. The molecular weight excluding hydrogens is 413 g/mol. The molecule has 4 aliphatic carbocycles. The van der Waals surface area contributed by atoms with Gasteiger partial charge in [-0.2, -0.15) is 13.2 Å². The average molecular weight is 459 g/mol. The van der Waals surface area contributed by atoms with Gasteiger partial charge >= 0.3 is 6.18 Å². The third-order valence-electron chi connectivity index (χ3n) is 11.2. The topological polar surface area (TPSA) is 40.5 Å². The molecular formula is C27H45F3O2. The summed E-state index contributed by atoms with van der Waals surface area (Å²) in [6.45, 7) is 10.9. The Hall–Kier alpha value is -0.290. The zero-order chi connectivity index (χ0) is 23.7. The van der Waals surface area contributed by atoms with Gasteiger partial charge in [-0.3, -0.25) is 0 Å². The van der Waals surface area contributed by atoms with E-state index in [0.717, 1.165) is 32.1 Å². The number of hydrogen-bond donors (Lipinski definition) is 2. The summed E-state index contributed by atoms with van der Waals surface area (Å²) in [6, 6.07) is 0. The van der Waals surface area contributed by atoms with Crippen molar-refractivity contribution in [1.29, 1.82) is 0 Å². The SMILES string of the molecule is C[C@H](CCC(C)(C)O)C1CCC2C3CC[C@H]4C[C@](O)(C(F)(F)F)CC[C@]4(C)C3CC[C@@]21C. The molecule has 0 spiro atoms. The van der Waals surface area contributed by atoms with Crippen molar-refractivity contribution in [3.63, 3.8) is 0 Å². The molecule has 0 saturated heterocycles. The highest BCUT2D eigenvalue weighted by molar-refractivity contribution is 5.11. The predicted molar refractivity (Wildman–Crippen MR) is 121 cm³/mol. The molecule has 4 saturated carbocycles. The van der Waals surface area contributed by atoms with Crippen LogP contribution in [0, 0.1) is 46.3 Å². The summed E-state index contributed by atoms with van der Waals surface area (Å²) in [4.78, 5) is 0. The maximum atomic E-state index is 13.6. The maximum Gasteiger partial charge on any atom is 0.417 e. The summed E-state index contributed by atoms with van der Waals surface area (Å²) >= 11 is 0. The lowest BCUT2D eigenvalue weighted by molar-refractivity contribution is -0.290. The first-order valence-electron chi connectivity index (χ1n) is 13.1. The fraction of sp³-hybridized carbons (Fsp3) is 1.00. The number of halogens is 3. The Bertz CT molecular complexity index is 700. The lowest BCUT2D eigenvalue weighted by Gasteiger charge is -2.62. The predicted octanol–water partition coefficient (Wildman–Crippen LogP) is 7.13. The summed E-state index contributed by atoms with van der Waals surface area (Å²) in [5.74, 6) is 3.06. The van der Waals surface area contributed by atoms with Gasteiger partial charge in [0.1, 0.15) is 0 Å². The van der Waals surface area contributed by atoms with Gasteiger partial charge in [0, 0.05) is 0 Å². The Balaban J connectivity index is 1.49. The fourth-order valence-electron chi connectivity index (χ4n) is 9.26. The second kappa shape index (κ2) is 7.86. The second-order valence-electron chi connectivity index (χ2n) is 13.4. The Labute approximate surface area is 192 Å². The zero-order valence-electron chi connectivity index (χ0n) is 20.8. The van der Waals surface area contributed by atoms with Crippen LogP contribution in [0.4, 0.5) is 13.2 Å². The monoisotopic (exact) mass is 458 g/mol. The molecule has 0 bridgehead atoms. The molecule has 0 aliphatic heterocycles. The van der Waals surface area contributed by atoms with Crippen LogP contribution in [-0.4, -0.2) is 27.6 Å². The average Bonchev–Trinajstić information content (AvgIpc) is 3.02.